The number of aliphatic hydroxyl groups excluding tert-OH is 1. The van der Waals surface area contributed by atoms with E-state index in [-0.39, 0.29) is 24.8 Å². The second kappa shape index (κ2) is 14.7. The molecule has 1 aliphatic heterocycles. The molecule has 6 rings (SSSR count). The molecule has 1 aliphatic rings. The third-order valence-corrected chi connectivity index (χ3v) is 9.13. The second-order valence-corrected chi connectivity index (χ2v) is 12.8. The van der Waals surface area contributed by atoms with E-state index in [1.54, 1.807) is 47.4 Å². The van der Waals surface area contributed by atoms with Gasteiger partial charge >= 0.3 is 6.03 Å². The van der Waals surface area contributed by atoms with Gasteiger partial charge in [-0.1, -0.05) is 77.7 Å². The number of nitrogens with zero attached hydrogens (tertiary/aromatic N) is 2. The molecular weight excluding hydrogens is 609 g/mol. The smallest absolute Gasteiger partial charge is 0.323 e. The minimum absolute atomic E-state index is 0.0145. The number of para-hydroxylation sites is 1. The molecule has 0 bridgehead atoms. The Morgan fingerprint density at radius 2 is 1.64 bits per heavy atom. The number of hydrogen-bond acceptors (Lipinski definition) is 9. The average molecular weight is 641 g/mol. The van der Waals surface area contributed by atoms with Gasteiger partial charge in [0.1, 0.15) is 16.5 Å². The number of rotatable bonds is 10. The molecule has 0 spiro atoms. The Balaban J connectivity index is 1.11. The van der Waals surface area contributed by atoms with Gasteiger partial charge in [0.15, 0.2) is 10.6 Å². The molecule has 2 amide bonds. The molecule has 45 heavy (non-hydrogen) atoms. The number of ether oxygens (including phenoxy) is 3. The Hall–Kier alpha value is -4.26. The van der Waals surface area contributed by atoms with Crippen molar-refractivity contribution in [3.63, 3.8) is 0 Å². The fraction of sp³-hybridized carbons (Fsp3) is 0.206. The van der Waals surface area contributed by atoms with Crippen molar-refractivity contribution >= 4 is 40.5 Å². The number of hydrogen-bond donors (Lipinski definition) is 3. The predicted octanol–water partition coefficient (Wildman–Crippen LogP) is 8.11. The van der Waals surface area contributed by atoms with E-state index in [4.69, 9.17) is 14.2 Å². The molecule has 9 nitrogen and oxygen atoms in total. The Morgan fingerprint density at radius 1 is 0.889 bits per heavy atom. The van der Waals surface area contributed by atoms with Crippen molar-refractivity contribution in [2.75, 3.05) is 16.4 Å². The maximum atomic E-state index is 12.9. The predicted molar refractivity (Wildman–Crippen MR) is 176 cm³/mol. The summed E-state index contributed by atoms with van der Waals surface area (Å²) in [5, 5.41) is 24.5. The van der Waals surface area contributed by atoms with Crippen molar-refractivity contribution in [3.8, 4) is 11.5 Å². The van der Waals surface area contributed by atoms with Gasteiger partial charge in [0, 0.05) is 29.1 Å². The summed E-state index contributed by atoms with van der Waals surface area (Å²) in [5.41, 5.74) is 3.87. The van der Waals surface area contributed by atoms with Gasteiger partial charge < -0.3 is 30.0 Å². The summed E-state index contributed by atoms with van der Waals surface area (Å²) in [6.45, 7) is 1.92. The summed E-state index contributed by atoms with van der Waals surface area (Å²) in [5.74, 6) is 2.10. The summed E-state index contributed by atoms with van der Waals surface area (Å²) >= 11 is 3.18. The molecule has 11 heteroatoms. The third kappa shape index (κ3) is 8.47. The zero-order chi connectivity index (χ0) is 31.0. The zero-order valence-electron chi connectivity index (χ0n) is 24.5. The van der Waals surface area contributed by atoms with Crippen LogP contribution >= 0.6 is 23.1 Å². The number of carbonyl (C=O) groups excluding carboxylic acids is 1. The van der Waals surface area contributed by atoms with Crippen molar-refractivity contribution < 1.29 is 24.1 Å². The summed E-state index contributed by atoms with van der Waals surface area (Å²) in [6, 6.07) is 31.6. The molecule has 2 heterocycles. The van der Waals surface area contributed by atoms with E-state index < -0.39 is 6.29 Å². The molecular formula is C34H32N4O5S2. The number of benzene rings is 4. The lowest BCUT2D eigenvalue weighted by molar-refractivity contribution is -0.245. The van der Waals surface area contributed by atoms with Crippen LogP contribution in [0.25, 0.3) is 0 Å². The molecule has 4 aromatic carbocycles. The summed E-state index contributed by atoms with van der Waals surface area (Å²) in [4.78, 5) is 12.9. The first-order valence-corrected chi connectivity index (χ1v) is 16.3. The maximum absolute atomic E-state index is 12.9. The van der Waals surface area contributed by atoms with Crippen LogP contribution in [0.15, 0.2) is 107 Å². The number of amides is 2. The van der Waals surface area contributed by atoms with Crippen molar-refractivity contribution in [1.82, 2.24) is 10.2 Å². The van der Waals surface area contributed by atoms with Crippen LogP contribution in [-0.2, 0) is 16.1 Å². The first-order chi connectivity index (χ1) is 22.0. The minimum atomic E-state index is -0.648. The molecule has 3 N–H and O–H groups in total. The number of aromatic nitrogens is 2. The van der Waals surface area contributed by atoms with Crippen molar-refractivity contribution in [2.45, 2.75) is 42.8 Å². The first-order valence-electron chi connectivity index (χ1n) is 14.5. The van der Waals surface area contributed by atoms with Crippen LogP contribution in [0.1, 0.15) is 40.5 Å². The number of nitrogens with one attached hydrogen (secondary N) is 2. The van der Waals surface area contributed by atoms with Crippen LogP contribution in [0, 0.1) is 6.92 Å². The van der Waals surface area contributed by atoms with Gasteiger partial charge in [-0.2, -0.15) is 0 Å². The van der Waals surface area contributed by atoms with Crippen LogP contribution < -0.4 is 15.4 Å². The lowest BCUT2D eigenvalue weighted by Gasteiger charge is -2.36. The van der Waals surface area contributed by atoms with Gasteiger partial charge in [0.2, 0.25) is 0 Å². The zero-order valence-corrected chi connectivity index (χ0v) is 26.1. The number of aliphatic hydroxyl groups is 1. The molecule has 5 aromatic rings. The SMILES string of the molecule is Cc1nnc(SC[C@@H]2C[C@H](c3ccc(CO)cc3)O[C@H](c3cccc(NC(=O)Nc4ccc(Oc5ccccc5)cc4)c3)O2)s1. The Morgan fingerprint density at radius 3 is 2.38 bits per heavy atom. The Kier molecular flexibility index (Phi) is 10.0. The minimum Gasteiger partial charge on any atom is -0.457 e. The highest BCUT2D eigenvalue weighted by molar-refractivity contribution is 8.01. The van der Waals surface area contributed by atoms with E-state index in [1.165, 1.54) is 0 Å². The molecule has 0 radical (unpaired) electrons. The normalized spacial score (nSPS) is 17.9. The first kappa shape index (κ1) is 30.8. The fourth-order valence-corrected chi connectivity index (χ4v) is 6.67. The number of urea groups is 1. The third-order valence-electron chi connectivity index (χ3n) is 7.02. The molecule has 0 saturated carbocycles. The van der Waals surface area contributed by atoms with Gasteiger partial charge in [-0.15, -0.1) is 10.2 Å². The fourth-order valence-electron chi connectivity index (χ4n) is 4.81. The largest absolute Gasteiger partial charge is 0.457 e. The van der Waals surface area contributed by atoms with Gasteiger partial charge in [0.05, 0.1) is 18.8 Å². The molecule has 1 saturated heterocycles. The number of thioether (sulfide) groups is 1. The quantitative estimate of drug-likeness (QED) is 0.131. The standard InChI is InChI=1S/C34H32N4O5S2/c1-22-37-38-34(45-22)44-21-30-19-31(24-12-10-23(20-39)11-13-24)43-32(42-30)25-6-5-7-27(18-25)36-33(40)35-26-14-16-29(17-15-26)41-28-8-3-2-4-9-28/h2-18,30-32,39H,19-21H2,1H3,(H2,35,36,40)/t30-,31+,32+/m0/s1. The number of anilines is 2. The van der Waals surface area contributed by atoms with Crippen LogP contribution in [0.4, 0.5) is 16.2 Å². The highest BCUT2D eigenvalue weighted by atomic mass is 32.2. The monoisotopic (exact) mass is 640 g/mol. The number of carbonyl (C=O) groups is 1. The van der Waals surface area contributed by atoms with Crippen LogP contribution in [0.5, 0.6) is 11.5 Å². The molecule has 0 unspecified atom stereocenters. The average Bonchev–Trinajstić information content (AvgIpc) is 3.50. The number of aryl methyl sites for hydroxylation is 1. The Bertz CT molecular complexity index is 1700. The molecule has 3 atom stereocenters. The molecule has 230 valence electrons. The topological polar surface area (TPSA) is 115 Å². The van der Waals surface area contributed by atoms with Crippen LogP contribution in [-0.4, -0.2) is 33.2 Å². The molecule has 0 aliphatic carbocycles. The van der Waals surface area contributed by atoms with Crippen LogP contribution in [0.3, 0.4) is 0 Å². The van der Waals surface area contributed by atoms with E-state index in [2.05, 4.69) is 20.8 Å². The lowest BCUT2D eigenvalue weighted by Crippen LogP contribution is -2.31. The highest BCUT2D eigenvalue weighted by Crippen LogP contribution is 2.40. The van der Waals surface area contributed by atoms with E-state index in [9.17, 15) is 9.90 Å². The van der Waals surface area contributed by atoms with E-state index in [0.29, 0.717) is 29.3 Å². The lowest BCUT2D eigenvalue weighted by atomic mass is 10.0. The van der Waals surface area contributed by atoms with Crippen LogP contribution in [0.2, 0.25) is 0 Å². The highest BCUT2D eigenvalue weighted by Gasteiger charge is 2.32. The summed E-state index contributed by atoms with van der Waals surface area (Å²) < 4.78 is 19.6. The van der Waals surface area contributed by atoms with Gasteiger partial charge in [-0.25, -0.2) is 4.79 Å². The molecule has 1 fully saturated rings. The second-order valence-electron chi connectivity index (χ2n) is 10.4. The Labute approximate surface area is 269 Å². The van der Waals surface area contributed by atoms with Gasteiger partial charge in [0.25, 0.3) is 0 Å². The van der Waals surface area contributed by atoms with E-state index in [1.807, 2.05) is 85.8 Å². The van der Waals surface area contributed by atoms with E-state index in [0.717, 1.165) is 31.8 Å². The molecule has 1 aromatic heterocycles. The van der Waals surface area contributed by atoms with Crippen molar-refractivity contribution in [3.05, 3.63) is 125 Å². The van der Waals surface area contributed by atoms with Gasteiger partial charge in [-0.3, -0.25) is 0 Å². The van der Waals surface area contributed by atoms with Crippen molar-refractivity contribution in [2.24, 2.45) is 0 Å². The summed E-state index contributed by atoms with van der Waals surface area (Å²) in [6.07, 6.45) is -0.318. The maximum Gasteiger partial charge on any atom is 0.323 e. The summed E-state index contributed by atoms with van der Waals surface area (Å²) in [7, 11) is 0. The van der Waals surface area contributed by atoms with Gasteiger partial charge in [-0.05, 0) is 66.6 Å². The van der Waals surface area contributed by atoms with E-state index >= 15 is 0 Å². The van der Waals surface area contributed by atoms with Crippen molar-refractivity contribution in [1.29, 1.82) is 0 Å².